The van der Waals surface area contributed by atoms with Crippen LogP contribution in [-0.2, 0) is 10.3 Å². The van der Waals surface area contributed by atoms with Gasteiger partial charge in [0.2, 0.25) is 12.7 Å². The average Bonchev–Trinajstić information content (AvgIpc) is 3.23. The quantitative estimate of drug-likeness (QED) is 0.891. The second kappa shape index (κ2) is 5.95. The Morgan fingerprint density at radius 2 is 1.92 bits per heavy atom. The van der Waals surface area contributed by atoms with Gasteiger partial charge in [0, 0.05) is 10.9 Å². The third-order valence-corrected chi connectivity index (χ3v) is 5.31. The normalized spacial score (nSPS) is 21.1. The van der Waals surface area contributed by atoms with E-state index in [0.717, 1.165) is 34.1 Å². The molecule has 2 unspecified atom stereocenters. The lowest BCUT2D eigenvalue weighted by Crippen LogP contribution is -2.42. The molecule has 2 aromatic carbocycles. The third kappa shape index (κ3) is 3.07. The number of benzene rings is 2. The van der Waals surface area contributed by atoms with Crippen molar-refractivity contribution in [3.05, 3.63) is 58.6 Å². The molecule has 1 aliphatic carbocycles. The summed E-state index contributed by atoms with van der Waals surface area (Å²) in [5, 5.41) is 3.90. The predicted octanol–water partition coefficient (Wildman–Crippen LogP) is 4.22. The fourth-order valence-corrected chi connectivity index (χ4v) is 3.64. The van der Waals surface area contributed by atoms with Gasteiger partial charge in [-0.2, -0.15) is 0 Å². The van der Waals surface area contributed by atoms with E-state index >= 15 is 0 Å². The SMILES string of the molecule is CC(C)(NC(=O)C1CC1c1ccccc1Cl)c1ccc2c(c1)OCO2. The van der Waals surface area contributed by atoms with Gasteiger partial charge in [0.15, 0.2) is 11.5 Å². The van der Waals surface area contributed by atoms with Gasteiger partial charge in [0.25, 0.3) is 0 Å². The molecule has 0 spiro atoms. The molecular weight excluding hydrogens is 338 g/mol. The van der Waals surface area contributed by atoms with E-state index < -0.39 is 5.54 Å². The Bertz CT molecular complexity index is 833. The summed E-state index contributed by atoms with van der Waals surface area (Å²) in [5.41, 5.74) is 1.55. The van der Waals surface area contributed by atoms with E-state index in [1.54, 1.807) is 0 Å². The van der Waals surface area contributed by atoms with Crippen molar-refractivity contribution in [2.75, 3.05) is 6.79 Å². The van der Waals surface area contributed by atoms with Crippen molar-refractivity contribution in [2.45, 2.75) is 31.7 Å². The summed E-state index contributed by atoms with van der Waals surface area (Å²) in [6.45, 7) is 4.23. The molecule has 1 aliphatic heterocycles. The van der Waals surface area contributed by atoms with Crippen LogP contribution in [0.1, 0.15) is 37.3 Å². The van der Waals surface area contributed by atoms with Crippen LogP contribution >= 0.6 is 11.6 Å². The van der Waals surface area contributed by atoms with Crippen molar-refractivity contribution in [1.82, 2.24) is 5.32 Å². The highest BCUT2D eigenvalue weighted by Crippen LogP contribution is 2.50. The molecule has 5 heteroatoms. The summed E-state index contributed by atoms with van der Waals surface area (Å²) in [6.07, 6.45) is 0.840. The largest absolute Gasteiger partial charge is 0.454 e. The number of nitrogens with one attached hydrogen (secondary N) is 1. The first-order valence-corrected chi connectivity index (χ1v) is 8.80. The smallest absolute Gasteiger partial charge is 0.231 e. The molecule has 4 nitrogen and oxygen atoms in total. The van der Waals surface area contributed by atoms with Gasteiger partial charge in [-0.1, -0.05) is 35.9 Å². The van der Waals surface area contributed by atoms with E-state index in [9.17, 15) is 4.79 Å². The van der Waals surface area contributed by atoms with E-state index in [4.69, 9.17) is 21.1 Å². The second-order valence-corrected chi connectivity index (χ2v) is 7.56. The number of rotatable bonds is 4. The number of hydrogen-bond donors (Lipinski definition) is 1. The Balaban J connectivity index is 1.46. The molecule has 0 bridgehead atoms. The number of carbonyl (C=O) groups excluding carboxylic acids is 1. The number of amides is 1. The summed E-state index contributed by atoms with van der Waals surface area (Å²) in [5.74, 6) is 1.72. The van der Waals surface area contributed by atoms with Gasteiger partial charge in [-0.25, -0.2) is 0 Å². The second-order valence-electron chi connectivity index (χ2n) is 7.15. The molecule has 2 aromatic rings. The van der Waals surface area contributed by atoms with Crippen molar-refractivity contribution in [3.8, 4) is 11.5 Å². The number of halogens is 1. The number of fused-ring (bicyclic) bond motifs is 1. The molecule has 130 valence electrons. The number of hydrogen-bond acceptors (Lipinski definition) is 3. The molecule has 2 aliphatic rings. The minimum absolute atomic E-state index is 0.0202. The Labute approximate surface area is 152 Å². The minimum atomic E-state index is -0.494. The molecule has 1 heterocycles. The van der Waals surface area contributed by atoms with Gasteiger partial charge in [0.1, 0.15) is 0 Å². The summed E-state index contributed by atoms with van der Waals surface area (Å²) >= 11 is 6.25. The zero-order valence-electron chi connectivity index (χ0n) is 14.2. The van der Waals surface area contributed by atoms with Crippen LogP contribution in [0.4, 0.5) is 0 Å². The summed E-state index contributed by atoms with van der Waals surface area (Å²) < 4.78 is 10.8. The fourth-order valence-electron chi connectivity index (χ4n) is 3.36. The maximum absolute atomic E-state index is 12.7. The van der Waals surface area contributed by atoms with Crippen molar-refractivity contribution in [3.63, 3.8) is 0 Å². The van der Waals surface area contributed by atoms with Crippen LogP contribution in [0.2, 0.25) is 5.02 Å². The van der Waals surface area contributed by atoms with Crippen LogP contribution < -0.4 is 14.8 Å². The van der Waals surface area contributed by atoms with E-state index in [1.165, 1.54) is 0 Å². The van der Waals surface area contributed by atoms with Crippen molar-refractivity contribution < 1.29 is 14.3 Å². The van der Waals surface area contributed by atoms with Crippen molar-refractivity contribution in [2.24, 2.45) is 5.92 Å². The molecule has 0 aromatic heterocycles. The fraction of sp³-hybridized carbons (Fsp3) is 0.350. The molecule has 25 heavy (non-hydrogen) atoms. The van der Waals surface area contributed by atoms with E-state index in [1.807, 2.05) is 56.3 Å². The van der Waals surface area contributed by atoms with Crippen LogP contribution in [0.3, 0.4) is 0 Å². The minimum Gasteiger partial charge on any atom is -0.454 e. The maximum Gasteiger partial charge on any atom is 0.231 e. The van der Waals surface area contributed by atoms with E-state index in [0.29, 0.717) is 0 Å². The molecule has 1 amide bonds. The Morgan fingerprint density at radius 3 is 2.72 bits per heavy atom. The highest BCUT2D eigenvalue weighted by molar-refractivity contribution is 6.31. The van der Waals surface area contributed by atoms with Gasteiger partial charge in [-0.05, 0) is 55.5 Å². The molecular formula is C20H20ClNO3. The third-order valence-electron chi connectivity index (χ3n) is 4.96. The highest BCUT2D eigenvalue weighted by atomic mass is 35.5. The van der Waals surface area contributed by atoms with E-state index in [2.05, 4.69) is 5.32 Å². The standard InChI is InChI=1S/C20H20ClNO3/c1-20(2,12-7-8-17-18(9-12)25-11-24-17)22-19(23)15-10-14(15)13-5-3-4-6-16(13)21/h3-9,14-15H,10-11H2,1-2H3,(H,22,23). The molecule has 0 saturated heterocycles. The average molecular weight is 358 g/mol. The van der Waals surface area contributed by atoms with Crippen LogP contribution in [-0.4, -0.2) is 12.7 Å². The summed E-state index contributed by atoms with van der Waals surface area (Å²) in [6, 6.07) is 13.5. The first-order valence-electron chi connectivity index (χ1n) is 8.42. The van der Waals surface area contributed by atoms with Gasteiger partial charge >= 0.3 is 0 Å². The zero-order chi connectivity index (χ0) is 17.6. The summed E-state index contributed by atoms with van der Waals surface area (Å²) in [7, 11) is 0. The molecule has 4 rings (SSSR count). The van der Waals surface area contributed by atoms with Crippen molar-refractivity contribution >= 4 is 17.5 Å². The van der Waals surface area contributed by atoms with Crippen LogP contribution in [0.25, 0.3) is 0 Å². The molecule has 1 fully saturated rings. The van der Waals surface area contributed by atoms with Gasteiger partial charge < -0.3 is 14.8 Å². The zero-order valence-corrected chi connectivity index (χ0v) is 15.0. The van der Waals surface area contributed by atoms with Gasteiger partial charge in [0.05, 0.1) is 5.54 Å². The van der Waals surface area contributed by atoms with Crippen LogP contribution in [0, 0.1) is 5.92 Å². The molecule has 1 N–H and O–H groups in total. The van der Waals surface area contributed by atoms with E-state index in [-0.39, 0.29) is 24.5 Å². The Morgan fingerprint density at radius 1 is 1.16 bits per heavy atom. The highest BCUT2D eigenvalue weighted by Gasteiger charge is 2.46. The summed E-state index contributed by atoms with van der Waals surface area (Å²) in [4.78, 5) is 12.7. The van der Waals surface area contributed by atoms with Crippen molar-refractivity contribution in [1.29, 1.82) is 0 Å². The molecule has 0 radical (unpaired) electrons. The Kier molecular flexibility index (Phi) is 3.88. The lowest BCUT2D eigenvalue weighted by molar-refractivity contribution is -0.124. The number of ether oxygens (including phenoxy) is 2. The van der Waals surface area contributed by atoms with Crippen LogP contribution in [0.5, 0.6) is 11.5 Å². The monoisotopic (exact) mass is 357 g/mol. The van der Waals surface area contributed by atoms with Crippen LogP contribution in [0.15, 0.2) is 42.5 Å². The van der Waals surface area contributed by atoms with Gasteiger partial charge in [-0.15, -0.1) is 0 Å². The predicted molar refractivity (Wildman–Crippen MR) is 96.0 cm³/mol. The van der Waals surface area contributed by atoms with Gasteiger partial charge in [-0.3, -0.25) is 4.79 Å². The lowest BCUT2D eigenvalue weighted by atomic mass is 9.93. The molecule has 1 saturated carbocycles. The first-order chi connectivity index (χ1) is 12.0. The molecule has 2 atom stereocenters. The topological polar surface area (TPSA) is 47.6 Å². The number of carbonyl (C=O) groups is 1. The first kappa shape index (κ1) is 16.3. The lowest BCUT2D eigenvalue weighted by Gasteiger charge is -2.27. The maximum atomic E-state index is 12.7. The Hall–Kier alpha value is -2.20.